The van der Waals surface area contributed by atoms with E-state index in [0.717, 1.165) is 52.8 Å². The summed E-state index contributed by atoms with van der Waals surface area (Å²) in [7, 11) is 1.99. The Morgan fingerprint density at radius 2 is 2.21 bits per heavy atom. The fourth-order valence-corrected chi connectivity index (χ4v) is 3.51. The second-order valence-corrected chi connectivity index (χ2v) is 7.51. The first-order valence-electron chi connectivity index (χ1n) is 9.95. The third-order valence-electron chi connectivity index (χ3n) is 5.17. The third kappa shape index (κ3) is 4.65. The molecule has 1 unspecified atom stereocenters. The minimum atomic E-state index is 0.0430. The fourth-order valence-electron chi connectivity index (χ4n) is 3.51. The molecule has 0 bridgehead atoms. The zero-order chi connectivity index (χ0) is 20.1. The van der Waals surface area contributed by atoms with Crippen molar-refractivity contribution in [1.29, 1.82) is 0 Å². The van der Waals surface area contributed by atoms with Gasteiger partial charge in [0.1, 0.15) is 11.9 Å². The maximum atomic E-state index is 6.44. The first-order chi connectivity index (χ1) is 13.5. The summed E-state index contributed by atoms with van der Waals surface area (Å²) in [5, 5.41) is 5.35. The second kappa shape index (κ2) is 9.11. The lowest BCUT2D eigenvalue weighted by atomic mass is 10.0. The Kier molecular flexibility index (Phi) is 6.57. The summed E-state index contributed by atoms with van der Waals surface area (Å²) in [5.41, 5.74) is 2.04. The Hall–Kier alpha value is -2.53. The lowest BCUT2D eigenvalue weighted by Gasteiger charge is -2.24. The van der Waals surface area contributed by atoms with E-state index in [0.29, 0.717) is 12.5 Å². The van der Waals surface area contributed by atoms with Gasteiger partial charge in [0.05, 0.1) is 17.6 Å². The Morgan fingerprint density at radius 3 is 2.93 bits per heavy atom. The molecule has 2 atom stereocenters. The number of benzene rings is 1. The molecule has 1 aliphatic rings. The Labute approximate surface area is 167 Å². The summed E-state index contributed by atoms with van der Waals surface area (Å²) in [6, 6.07) is 8.18. The zero-order valence-corrected chi connectivity index (χ0v) is 17.4. The maximum Gasteiger partial charge on any atom is 0.154 e. The average Bonchev–Trinajstić information content (AvgIpc) is 2.86. The SMILES string of the molecule is C=c1ccn(C)/c1=C(/N=C\C)Nc1ccc(C)cc1O[C@@H]1COCCCC1C. The van der Waals surface area contributed by atoms with E-state index >= 15 is 0 Å². The van der Waals surface area contributed by atoms with Crippen LogP contribution in [0.1, 0.15) is 32.3 Å². The van der Waals surface area contributed by atoms with Gasteiger partial charge in [-0.3, -0.25) is 0 Å². The van der Waals surface area contributed by atoms with E-state index in [2.05, 4.69) is 42.9 Å². The minimum absolute atomic E-state index is 0.0430. The van der Waals surface area contributed by atoms with Crippen molar-refractivity contribution in [2.45, 2.75) is 39.7 Å². The molecule has 1 saturated heterocycles. The van der Waals surface area contributed by atoms with Crippen molar-refractivity contribution >= 4 is 24.3 Å². The van der Waals surface area contributed by atoms with E-state index in [4.69, 9.17) is 9.47 Å². The van der Waals surface area contributed by atoms with Crippen LogP contribution in [0.4, 0.5) is 5.69 Å². The van der Waals surface area contributed by atoms with Gasteiger partial charge in [0.15, 0.2) is 5.82 Å². The highest BCUT2D eigenvalue weighted by atomic mass is 16.5. The van der Waals surface area contributed by atoms with Crippen LogP contribution in [-0.2, 0) is 11.8 Å². The van der Waals surface area contributed by atoms with E-state index in [9.17, 15) is 0 Å². The van der Waals surface area contributed by atoms with E-state index in [-0.39, 0.29) is 6.10 Å². The lowest BCUT2D eigenvalue weighted by Crippen LogP contribution is -2.31. The molecule has 1 aliphatic heterocycles. The van der Waals surface area contributed by atoms with Crippen LogP contribution in [0.25, 0.3) is 12.4 Å². The van der Waals surface area contributed by atoms with Crippen LogP contribution in [0.3, 0.4) is 0 Å². The van der Waals surface area contributed by atoms with Gasteiger partial charge >= 0.3 is 0 Å². The number of aliphatic imine (C=N–C) groups is 1. The van der Waals surface area contributed by atoms with Gasteiger partial charge in [0, 0.05) is 26.1 Å². The molecule has 0 aliphatic carbocycles. The van der Waals surface area contributed by atoms with Crippen molar-refractivity contribution in [3.05, 3.63) is 46.6 Å². The topological polar surface area (TPSA) is 47.8 Å². The number of hydrogen-bond donors (Lipinski definition) is 1. The number of ether oxygens (including phenoxy) is 2. The van der Waals surface area contributed by atoms with Gasteiger partial charge in [0.2, 0.25) is 0 Å². The molecule has 2 heterocycles. The normalized spacial score (nSPS) is 21.4. The van der Waals surface area contributed by atoms with Gasteiger partial charge in [-0.05, 0) is 61.6 Å². The average molecular weight is 382 g/mol. The van der Waals surface area contributed by atoms with Gasteiger partial charge in [-0.2, -0.15) is 0 Å². The van der Waals surface area contributed by atoms with Crippen LogP contribution in [0.5, 0.6) is 5.75 Å². The summed E-state index contributed by atoms with van der Waals surface area (Å²) in [5.74, 6) is 2.03. The summed E-state index contributed by atoms with van der Waals surface area (Å²) in [6.07, 6.45) is 6.02. The minimum Gasteiger partial charge on any atom is -0.486 e. The molecule has 1 fully saturated rings. The molecular weight excluding hydrogens is 350 g/mol. The van der Waals surface area contributed by atoms with Gasteiger partial charge in [-0.25, -0.2) is 4.99 Å². The molecule has 150 valence electrons. The monoisotopic (exact) mass is 381 g/mol. The molecule has 0 amide bonds. The number of nitrogens with zero attached hydrogens (tertiary/aromatic N) is 2. The molecule has 0 spiro atoms. The van der Waals surface area contributed by atoms with Crippen molar-refractivity contribution in [2.75, 3.05) is 18.5 Å². The standard InChI is InChI=1S/C23H31N3O2/c1-6-24-23(22-18(4)11-12-26(22)5)25-19-10-9-16(2)14-20(19)28-21-15-27-13-7-8-17(21)3/h6,9-12,14,17,21,25H,4,7-8,13,15H2,1-3,5H3/b23-22-,24-6-/t17?,21-/m1/s1. The molecule has 1 aromatic heterocycles. The first-order valence-corrected chi connectivity index (χ1v) is 9.95. The molecule has 0 saturated carbocycles. The summed E-state index contributed by atoms with van der Waals surface area (Å²) in [6.45, 7) is 11.8. The third-order valence-corrected chi connectivity index (χ3v) is 5.17. The summed E-state index contributed by atoms with van der Waals surface area (Å²) in [4.78, 5) is 4.56. The molecule has 5 heteroatoms. The Morgan fingerprint density at radius 1 is 1.39 bits per heavy atom. The van der Waals surface area contributed by atoms with E-state index in [1.807, 2.05) is 36.9 Å². The number of hydrogen-bond acceptors (Lipinski definition) is 4. The number of rotatable bonds is 5. The predicted molar refractivity (Wildman–Crippen MR) is 116 cm³/mol. The highest BCUT2D eigenvalue weighted by Crippen LogP contribution is 2.30. The van der Waals surface area contributed by atoms with Gasteiger partial charge in [-0.1, -0.05) is 19.6 Å². The van der Waals surface area contributed by atoms with Crippen LogP contribution in [-0.4, -0.2) is 30.1 Å². The van der Waals surface area contributed by atoms with Crippen molar-refractivity contribution in [3.8, 4) is 5.75 Å². The van der Waals surface area contributed by atoms with Crippen molar-refractivity contribution in [2.24, 2.45) is 18.0 Å². The summed E-state index contributed by atoms with van der Waals surface area (Å²) < 4.78 is 14.2. The molecule has 5 nitrogen and oxygen atoms in total. The molecule has 3 rings (SSSR count). The van der Waals surface area contributed by atoms with Crippen LogP contribution in [0, 0.1) is 12.8 Å². The number of aromatic nitrogens is 1. The second-order valence-electron chi connectivity index (χ2n) is 7.51. The molecule has 2 aromatic rings. The van der Waals surface area contributed by atoms with Gasteiger partial charge in [-0.15, -0.1) is 0 Å². The van der Waals surface area contributed by atoms with E-state index < -0.39 is 0 Å². The highest BCUT2D eigenvalue weighted by Gasteiger charge is 2.23. The smallest absolute Gasteiger partial charge is 0.154 e. The number of aryl methyl sites for hydroxylation is 2. The quantitative estimate of drug-likeness (QED) is 0.809. The number of nitrogens with one attached hydrogen (secondary N) is 1. The van der Waals surface area contributed by atoms with Crippen LogP contribution in [0.2, 0.25) is 0 Å². The van der Waals surface area contributed by atoms with Crippen molar-refractivity contribution in [3.63, 3.8) is 0 Å². The number of anilines is 1. The zero-order valence-electron chi connectivity index (χ0n) is 17.4. The maximum absolute atomic E-state index is 6.44. The van der Waals surface area contributed by atoms with Crippen LogP contribution >= 0.6 is 0 Å². The fraction of sp³-hybridized carbons (Fsp3) is 0.435. The van der Waals surface area contributed by atoms with Gasteiger partial charge < -0.3 is 19.4 Å². The molecule has 0 radical (unpaired) electrons. The van der Waals surface area contributed by atoms with Crippen molar-refractivity contribution in [1.82, 2.24) is 4.57 Å². The Bertz CT molecular complexity index is 945. The molecule has 28 heavy (non-hydrogen) atoms. The molecule has 1 N–H and O–H groups in total. The molecule has 1 aromatic carbocycles. The van der Waals surface area contributed by atoms with Gasteiger partial charge in [0.25, 0.3) is 0 Å². The van der Waals surface area contributed by atoms with Crippen LogP contribution in [0.15, 0.2) is 35.5 Å². The van der Waals surface area contributed by atoms with Crippen molar-refractivity contribution < 1.29 is 9.47 Å². The van der Waals surface area contributed by atoms with Crippen LogP contribution < -0.4 is 20.6 Å². The van der Waals surface area contributed by atoms with E-state index in [1.54, 1.807) is 6.21 Å². The highest BCUT2D eigenvalue weighted by molar-refractivity contribution is 5.74. The largest absolute Gasteiger partial charge is 0.486 e. The Balaban J connectivity index is 1.98. The molecular formula is C23H31N3O2. The van der Waals surface area contributed by atoms with E-state index in [1.165, 1.54) is 0 Å². The lowest BCUT2D eigenvalue weighted by molar-refractivity contribution is 0.0472. The predicted octanol–water partition coefficient (Wildman–Crippen LogP) is 3.21. The summed E-state index contributed by atoms with van der Waals surface area (Å²) >= 11 is 0. The first kappa shape index (κ1) is 20.2.